The van der Waals surface area contributed by atoms with Gasteiger partial charge in [-0.1, -0.05) is 30.3 Å². The van der Waals surface area contributed by atoms with Crippen LogP contribution in [0.25, 0.3) is 0 Å². The van der Waals surface area contributed by atoms with Crippen molar-refractivity contribution in [1.82, 2.24) is 15.1 Å². The predicted octanol–water partition coefficient (Wildman–Crippen LogP) is -0.839. The van der Waals surface area contributed by atoms with Crippen LogP contribution in [-0.2, 0) is 25.6 Å². The van der Waals surface area contributed by atoms with E-state index in [-0.39, 0.29) is 30.7 Å². The maximum Gasteiger partial charge on any atom is 0.326 e. The fraction of sp³-hybridized carbons (Fsp3) is 0.560. The molecule has 1 aromatic rings. The van der Waals surface area contributed by atoms with Gasteiger partial charge in [-0.2, -0.15) is 0 Å². The minimum atomic E-state index is -1.17. The molecule has 2 aliphatic heterocycles. The molecule has 3 rings (SSSR count). The summed E-state index contributed by atoms with van der Waals surface area (Å²) in [5.74, 6) is -2.36. The molecule has 4 unspecified atom stereocenters. The van der Waals surface area contributed by atoms with E-state index >= 15 is 0 Å². The number of carbonyl (C=O) groups is 4. The highest BCUT2D eigenvalue weighted by atomic mass is 16.4. The van der Waals surface area contributed by atoms with Crippen LogP contribution >= 0.6 is 0 Å². The smallest absolute Gasteiger partial charge is 0.326 e. The minimum absolute atomic E-state index is 0.0866. The maximum atomic E-state index is 13.5. The Labute approximate surface area is 216 Å². The molecule has 0 radical (unpaired) electrons. The van der Waals surface area contributed by atoms with Crippen LogP contribution in [-0.4, -0.2) is 88.4 Å². The summed E-state index contributed by atoms with van der Waals surface area (Å²) in [4.78, 5) is 58.2. The number of aliphatic carboxylic acids is 1. The van der Waals surface area contributed by atoms with E-state index in [1.165, 1.54) is 9.80 Å². The van der Waals surface area contributed by atoms with Gasteiger partial charge in [0.15, 0.2) is 5.96 Å². The number of carboxylic acid groups (broad SMARTS) is 1. The normalized spacial score (nSPS) is 20.8. The van der Waals surface area contributed by atoms with Crippen molar-refractivity contribution in [1.29, 1.82) is 0 Å². The number of benzene rings is 1. The lowest BCUT2D eigenvalue weighted by atomic mass is 10.0. The third-order valence-electron chi connectivity index (χ3n) is 6.83. The van der Waals surface area contributed by atoms with Gasteiger partial charge >= 0.3 is 5.97 Å². The Kier molecular flexibility index (Phi) is 9.84. The van der Waals surface area contributed by atoms with Crippen molar-refractivity contribution < 1.29 is 24.3 Å². The second-order valence-corrected chi connectivity index (χ2v) is 9.52. The van der Waals surface area contributed by atoms with Crippen molar-refractivity contribution in [3.05, 3.63) is 35.9 Å². The first-order valence-corrected chi connectivity index (χ1v) is 12.7. The number of nitrogens with one attached hydrogen (secondary N) is 1. The number of rotatable bonds is 11. The van der Waals surface area contributed by atoms with Crippen LogP contribution in [0.2, 0.25) is 0 Å². The lowest BCUT2D eigenvalue weighted by Gasteiger charge is -2.32. The molecule has 12 nitrogen and oxygen atoms in total. The van der Waals surface area contributed by atoms with Crippen molar-refractivity contribution in [3.63, 3.8) is 0 Å². The lowest BCUT2D eigenvalue weighted by molar-refractivity contribution is -0.148. The molecule has 2 fully saturated rings. The Hall–Kier alpha value is -3.67. The van der Waals surface area contributed by atoms with E-state index in [0.717, 1.165) is 5.56 Å². The monoisotopic (exact) mass is 515 g/mol. The molecule has 1 aromatic carbocycles. The number of aliphatic imine (C=N–C) groups is 1. The van der Waals surface area contributed by atoms with Gasteiger partial charge in [-0.3, -0.25) is 19.4 Å². The Morgan fingerprint density at radius 3 is 2.32 bits per heavy atom. The molecule has 3 amide bonds. The number of likely N-dealkylation sites (tertiary alicyclic amines) is 2. The molecule has 0 saturated carbocycles. The molecule has 8 N–H and O–H groups in total. The van der Waals surface area contributed by atoms with Crippen LogP contribution in [0.5, 0.6) is 0 Å². The fourth-order valence-corrected chi connectivity index (χ4v) is 4.98. The molecule has 4 atom stereocenters. The molecule has 0 bridgehead atoms. The van der Waals surface area contributed by atoms with E-state index in [9.17, 15) is 24.3 Å². The van der Waals surface area contributed by atoms with Gasteiger partial charge < -0.3 is 37.4 Å². The van der Waals surface area contributed by atoms with Crippen LogP contribution in [0.4, 0.5) is 0 Å². The highest BCUT2D eigenvalue weighted by molar-refractivity contribution is 5.95. The molecule has 0 aliphatic carbocycles. The first-order valence-electron chi connectivity index (χ1n) is 12.7. The van der Waals surface area contributed by atoms with Gasteiger partial charge in [0, 0.05) is 19.6 Å². The Balaban J connectivity index is 1.62. The predicted molar refractivity (Wildman–Crippen MR) is 137 cm³/mol. The molecule has 0 aromatic heterocycles. The van der Waals surface area contributed by atoms with Gasteiger partial charge in [-0.05, 0) is 50.5 Å². The van der Waals surface area contributed by atoms with Crippen molar-refractivity contribution in [2.45, 2.75) is 69.1 Å². The number of guanidine groups is 1. The fourth-order valence-electron chi connectivity index (χ4n) is 4.98. The number of nitrogens with zero attached hydrogens (tertiary/aromatic N) is 3. The largest absolute Gasteiger partial charge is 0.480 e. The third kappa shape index (κ3) is 7.42. The average Bonchev–Trinajstić information content (AvgIpc) is 3.55. The molecule has 12 heteroatoms. The highest BCUT2D eigenvalue weighted by Crippen LogP contribution is 2.26. The second-order valence-electron chi connectivity index (χ2n) is 9.52. The molecule has 2 aliphatic rings. The minimum Gasteiger partial charge on any atom is -0.480 e. The summed E-state index contributed by atoms with van der Waals surface area (Å²) in [7, 11) is 0. The van der Waals surface area contributed by atoms with Crippen LogP contribution in [0.1, 0.15) is 44.1 Å². The van der Waals surface area contributed by atoms with Crippen molar-refractivity contribution in [3.8, 4) is 0 Å². The van der Waals surface area contributed by atoms with Gasteiger partial charge in [-0.25, -0.2) is 4.79 Å². The van der Waals surface area contributed by atoms with E-state index in [2.05, 4.69) is 10.3 Å². The molecular weight excluding hydrogens is 478 g/mol. The highest BCUT2D eigenvalue weighted by Gasteiger charge is 2.43. The Bertz CT molecular complexity index is 998. The first kappa shape index (κ1) is 27.9. The lowest BCUT2D eigenvalue weighted by Crippen LogP contribution is -2.56. The van der Waals surface area contributed by atoms with Crippen LogP contribution in [0.15, 0.2) is 35.3 Å². The zero-order valence-electron chi connectivity index (χ0n) is 20.9. The van der Waals surface area contributed by atoms with Gasteiger partial charge in [0.2, 0.25) is 17.7 Å². The van der Waals surface area contributed by atoms with E-state index in [1.54, 1.807) is 0 Å². The Morgan fingerprint density at radius 2 is 1.68 bits per heavy atom. The first-order chi connectivity index (χ1) is 17.7. The topological polar surface area (TPSA) is 197 Å². The summed E-state index contributed by atoms with van der Waals surface area (Å²) in [5, 5.41) is 12.1. The molecule has 202 valence electrons. The Morgan fingerprint density at radius 1 is 1.03 bits per heavy atom. The number of nitrogens with two attached hydrogens (primary N) is 3. The molecule has 37 heavy (non-hydrogen) atoms. The number of hydrogen-bond donors (Lipinski definition) is 5. The van der Waals surface area contributed by atoms with Crippen LogP contribution < -0.4 is 22.5 Å². The van der Waals surface area contributed by atoms with E-state index in [1.807, 2.05) is 30.3 Å². The summed E-state index contributed by atoms with van der Waals surface area (Å²) in [6, 6.07) is 6.08. The van der Waals surface area contributed by atoms with Crippen molar-refractivity contribution >= 4 is 29.7 Å². The molecular formula is C25H37N7O5. The summed E-state index contributed by atoms with van der Waals surface area (Å²) in [6.45, 7) is 1.04. The van der Waals surface area contributed by atoms with Gasteiger partial charge in [0.05, 0.1) is 6.04 Å². The zero-order valence-corrected chi connectivity index (χ0v) is 20.9. The average molecular weight is 516 g/mol. The quantitative estimate of drug-likeness (QED) is 0.143. The van der Waals surface area contributed by atoms with E-state index in [4.69, 9.17) is 17.2 Å². The molecule has 2 heterocycles. The number of carboxylic acids is 1. The van der Waals surface area contributed by atoms with Gasteiger partial charge in [0.25, 0.3) is 0 Å². The molecule has 0 spiro atoms. The summed E-state index contributed by atoms with van der Waals surface area (Å²) in [5.41, 5.74) is 17.7. The van der Waals surface area contributed by atoms with Crippen molar-refractivity contribution in [2.75, 3.05) is 19.6 Å². The number of carbonyl (C=O) groups excluding carboxylic acids is 3. The maximum absolute atomic E-state index is 13.5. The summed E-state index contributed by atoms with van der Waals surface area (Å²) < 4.78 is 0. The van der Waals surface area contributed by atoms with Crippen LogP contribution in [0.3, 0.4) is 0 Å². The third-order valence-corrected chi connectivity index (χ3v) is 6.83. The summed E-state index contributed by atoms with van der Waals surface area (Å²) >= 11 is 0. The number of hydrogen-bond acceptors (Lipinski definition) is 6. The van der Waals surface area contributed by atoms with E-state index < -0.39 is 36.0 Å². The van der Waals surface area contributed by atoms with Crippen molar-refractivity contribution in [2.24, 2.45) is 22.2 Å². The standard InChI is InChI=1S/C25H37N7O5/c26-17(15-16-7-2-1-3-8-16)22(34)32-14-6-11-20(32)23(35)31-13-5-10-19(31)21(33)30-18(24(36)37)9-4-12-29-25(27)28/h1-3,7-8,17-20H,4-6,9-15,26H2,(H,30,33)(H,36,37)(H4,27,28,29). The second kappa shape index (κ2) is 13.0. The number of amides is 3. The SMILES string of the molecule is NC(N)=NCCCC(NC(=O)C1CCCN1C(=O)C1CCCN1C(=O)C(N)Cc1ccccc1)C(=O)O. The molecule has 2 saturated heterocycles. The van der Waals surface area contributed by atoms with E-state index in [0.29, 0.717) is 51.6 Å². The zero-order chi connectivity index (χ0) is 26.9. The van der Waals surface area contributed by atoms with Gasteiger partial charge in [0.1, 0.15) is 18.1 Å². The van der Waals surface area contributed by atoms with Crippen LogP contribution in [0, 0.1) is 0 Å². The summed E-state index contributed by atoms with van der Waals surface area (Å²) in [6.07, 6.45) is 3.07. The van der Waals surface area contributed by atoms with Gasteiger partial charge in [-0.15, -0.1) is 0 Å².